The van der Waals surface area contributed by atoms with E-state index >= 15 is 0 Å². The molecular weight excluding hydrogens is 405 g/mol. The molecule has 0 aliphatic heterocycles. The molecule has 154 valence electrons. The molecule has 4 aromatic heterocycles. The molecule has 0 bridgehead atoms. The highest BCUT2D eigenvalue weighted by molar-refractivity contribution is 6.01. The van der Waals surface area contributed by atoms with E-state index in [9.17, 15) is 9.50 Å². The predicted molar refractivity (Wildman–Crippen MR) is 121 cm³/mol. The average Bonchev–Trinajstić information content (AvgIpc) is 3.42. The largest absolute Gasteiger partial charge is 0.508 e. The summed E-state index contributed by atoms with van der Waals surface area (Å²) in [6, 6.07) is 17.7. The fourth-order valence-corrected chi connectivity index (χ4v) is 4.07. The van der Waals surface area contributed by atoms with E-state index in [1.54, 1.807) is 24.7 Å². The smallest absolute Gasteiger partial charge is 0.181 e. The maximum atomic E-state index is 13.9. The summed E-state index contributed by atoms with van der Waals surface area (Å²) in [5, 5.41) is 19.1. The van der Waals surface area contributed by atoms with E-state index in [4.69, 9.17) is 0 Å². The van der Waals surface area contributed by atoms with Gasteiger partial charge >= 0.3 is 0 Å². The van der Waals surface area contributed by atoms with Crippen LogP contribution < -0.4 is 0 Å². The highest BCUT2D eigenvalue weighted by atomic mass is 19.1. The zero-order chi connectivity index (χ0) is 21.7. The summed E-state index contributed by atoms with van der Waals surface area (Å²) in [6.45, 7) is 0. The Morgan fingerprint density at radius 2 is 1.78 bits per heavy atom. The summed E-state index contributed by atoms with van der Waals surface area (Å²) < 4.78 is 13.9. The van der Waals surface area contributed by atoms with Gasteiger partial charge in [0.2, 0.25) is 0 Å². The van der Waals surface area contributed by atoms with E-state index in [1.165, 1.54) is 6.07 Å². The van der Waals surface area contributed by atoms with Crippen molar-refractivity contribution in [3.05, 3.63) is 85.1 Å². The Morgan fingerprint density at radius 3 is 2.62 bits per heavy atom. The van der Waals surface area contributed by atoms with Crippen LogP contribution in [0.5, 0.6) is 5.75 Å². The second-order valence-corrected chi connectivity index (χ2v) is 7.58. The third kappa shape index (κ3) is 2.99. The molecule has 2 aromatic carbocycles. The molecule has 32 heavy (non-hydrogen) atoms. The number of rotatable bonds is 3. The second-order valence-electron chi connectivity index (χ2n) is 7.58. The van der Waals surface area contributed by atoms with Crippen LogP contribution in [0, 0.1) is 5.82 Å². The molecule has 7 heteroatoms. The van der Waals surface area contributed by atoms with Gasteiger partial charge in [-0.15, -0.1) is 0 Å². The number of hydrogen-bond acceptors (Lipinski definition) is 4. The lowest BCUT2D eigenvalue weighted by Crippen LogP contribution is -1.83. The maximum Gasteiger partial charge on any atom is 0.181 e. The third-order valence-electron chi connectivity index (χ3n) is 5.53. The predicted octanol–water partition coefficient (Wildman–Crippen LogP) is 5.68. The van der Waals surface area contributed by atoms with Gasteiger partial charge in [-0.25, -0.2) is 9.37 Å². The molecule has 6 nitrogen and oxygen atoms in total. The van der Waals surface area contributed by atoms with Crippen molar-refractivity contribution in [2.45, 2.75) is 0 Å². The number of pyridine rings is 2. The Balaban J connectivity index is 1.52. The van der Waals surface area contributed by atoms with Crippen molar-refractivity contribution in [2.24, 2.45) is 0 Å². The molecule has 0 fully saturated rings. The van der Waals surface area contributed by atoms with E-state index in [0.717, 1.165) is 50.4 Å². The molecular formula is C25H16FN5O. The van der Waals surface area contributed by atoms with E-state index in [1.807, 2.05) is 42.5 Å². The molecule has 6 aromatic rings. The fourth-order valence-electron chi connectivity index (χ4n) is 4.07. The molecule has 0 saturated heterocycles. The highest BCUT2D eigenvalue weighted by Crippen LogP contribution is 2.35. The first kappa shape index (κ1) is 18.3. The minimum Gasteiger partial charge on any atom is -0.508 e. The summed E-state index contributed by atoms with van der Waals surface area (Å²) >= 11 is 0. The van der Waals surface area contributed by atoms with E-state index in [2.05, 4.69) is 25.1 Å². The molecule has 0 saturated carbocycles. The summed E-state index contributed by atoms with van der Waals surface area (Å²) in [5.74, 6) is -0.595. The lowest BCUT2D eigenvalue weighted by atomic mass is 10.0. The van der Waals surface area contributed by atoms with Crippen molar-refractivity contribution >= 4 is 21.9 Å². The third-order valence-corrected chi connectivity index (χ3v) is 5.53. The van der Waals surface area contributed by atoms with Gasteiger partial charge in [-0.2, -0.15) is 5.10 Å². The molecule has 0 unspecified atom stereocenters. The maximum absolute atomic E-state index is 13.9. The minimum atomic E-state index is -0.485. The number of aromatic amines is 2. The van der Waals surface area contributed by atoms with Crippen LogP contribution in [0.2, 0.25) is 0 Å². The molecule has 0 aliphatic carbocycles. The normalized spacial score (nSPS) is 11.4. The number of phenols is 1. The van der Waals surface area contributed by atoms with Crippen molar-refractivity contribution in [3.8, 4) is 39.4 Å². The Hall–Kier alpha value is -4.52. The van der Waals surface area contributed by atoms with Crippen LogP contribution in [0.3, 0.4) is 0 Å². The molecule has 3 N–H and O–H groups in total. The lowest BCUT2D eigenvalue weighted by Gasteiger charge is -2.05. The highest BCUT2D eigenvalue weighted by Gasteiger charge is 2.15. The van der Waals surface area contributed by atoms with Gasteiger partial charge in [0.15, 0.2) is 5.65 Å². The number of nitrogens with zero attached hydrogens (tertiary/aromatic N) is 3. The Bertz CT molecular complexity index is 1580. The topological polar surface area (TPSA) is 90.5 Å². The van der Waals surface area contributed by atoms with Gasteiger partial charge < -0.3 is 10.1 Å². The lowest BCUT2D eigenvalue weighted by molar-refractivity contribution is 0.469. The van der Waals surface area contributed by atoms with Gasteiger partial charge in [-0.05, 0) is 47.5 Å². The van der Waals surface area contributed by atoms with Crippen molar-refractivity contribution in [3.63, 3.8) is 0 Å². The fraction of sp³-hybridized carbons (Fsp3) is 0. The van der Waals surface area contributed by atoms with Crippen LogP contribution in [0.25, 0.3) is 55.6 Å². The van der Waals surface area contributed by atoms with Gasteiger partial charge in [0.1, 0.15) is 11.6 Å². The second kappa shape index (κ2) is 7.02. The quantitative estimate of drug-likeness (QED) is 0.343. The number of phenolic OH excluding ortho intramolecular Hbond substituents is 1. The Labute approximate surface area is 181 Å². The van der Waals surface area contributed by atoms with Crippen LogP contribution in [0.15, 0.2) is 79.3 Å². The number of fused-ring (bicyclic) bond motifs is 2. The molecule has 0 amide bonds. The Kier molecular flexibility index (Phi) is 4.01. The first-order valence-corrected chi connectivity index (χ1v) is 10.0. The van der Waals surface area contributed by atoms with Crippen LogP contribution in [-0.4, -0.2) is 30.3 Å². The summed E-state index contributed by atoms with van der Waals surface area (Å²) in [7, 11) is 0. The number of nitrogens with one attached hydrogen (secondary N) is 2. The first-order chi connectivity index (χ1) is 15.7. The van der Waals surface area contributed by atoms with Crippen molar-refractivity contribution in [1.82, 2.24) is 25.1 Å². The number of hydrogen-bond donors (Lipinski definition) is 3. The van der Waals surface area contributed by atoms with Crippen molar-refractivity contribution < 1.29 is 9.50 Å². The summed E-state index contributed by atoms with van der Waals surface area (Å²) in [5.41, 5.74) is 6.48. The number of H-pyrrole nitrogens is 2. The van der Waals surface area contributed by atoms with E-state index in [0.29, 0.717) is 11.2 Å². The standard InChI is InChI=1S/C25H16FN5O/c26-17-7-15(8-18(32)10-17)19-4-1-5-22-20(19)11-23(29-22)24-21-9-16(13-28-25(21)31-30-24)14-3-2-6-27-12-14/h1-13,29,32H,(H,28,30,31). The Morgan fingerprint density at radius 1 is 0.844 bits per heavy atom. The molecule has 0 radical (unpaired) electrons. The molecule has 0 atom stereocenters. The minimum absolute atomic E-state index is 0.110. The van der Waals surface area contributed by atoms with Gasteiger partial charge in [-0.1, -0.05) is 18.2 Å². The van der Waals surface area contributed by atoms with Crippen LogP contribution in [-0.2, 0) is 0 Å². The van der Waals surface area contributed by atoms with Crippen LogP contribution in [0.4, 0.5) is 4.39 Å². The van der Waals surface area contributed by atoms with E-state index in [-0.39, 0.29) is 5.75 Å². The van der Waals surface area contributed by atoms with Gasteiger partial charge in [0.25, 0.3) is 0 Å². The van der Waals surface area contributed by atoms with Gasteiger partial charge in [0, 0.05) is 52.1 Å². The van der Waals surface area contributed by atoms with Crippen LogP contribution in [0.1, 0.15) is 0 Å². The molecule has 0 aliphatic rings. The van der Waals surface area contributed by atoms with Crippen LogP contribution >= 0.6 is 0 Å². The average molecular weight is 421 g/mol. The molecule has 6 rings (SSSR count). The molecule has 0 spiro atoms. The summed E-state index contributed by atoms with van der Waals surface area (Å²) in [4.78, 5) is 12.1. The monoisotopic (exact) mass is 421 g/mol. The zero-order valence-corrected chi connectivity index (χ0v) is 16.7. The number of aromatic hydroxyl groups is 1. The van der Waals surface area contributed by atoms with Crippen molar-refractivity contribution in [1.29, 1.82) is 0 Å². The number of aromatic nitrogens is 5. The number of halogens is 1. The SMILES string of the molecule is Oc1cc(F)cc(-c2cccc3[nH]c(-c4[nH]nc5ncc(-c6cccnc6)cc45)cc23)c1. The van der Waals surface area contributed by atoms with Crippen molar-refractivity contribution in [2.75, 3.05) is 0 Å². The van der Waals surface area contributed by atoms with E-state index < -0.39 is 5.82 Å². The summed E-state index contributed by atoms with van der Waals surface area (Å²) in [6.07, 6.45) is 5.31. The van der Waals surface area contributed by atoms with Gasteiger partial charge in [-0.3, -0.25) is 10.1 Å². The first-order valence-electron chi connectivity index (χ1n) is 10.0. The molecule has 4 heterocycles. The van der Waals surface area contributed by atoms with Gasteiger partial charge in [0.05, 0.1) is 11.4 Å². The number of benzene rings is 2. The zero-order valence-electron chi connectivity index (χ0n) is 16.7.